The van der Waals surface area contributed by atoms with Gasteiger partial charge in [0.25, 0.3) is 5.91 Å². The average Bonchev–Trinajstić information content (AvgIpc) is 3.64. The molecule has 1 saturated heterocycles. The van der Waals surface area contributed by atoms with Crippen LogP contribution in [0.15, 0.2) is 42.1 Å². The Balaban J connectivity index is 1.56. The lowest BCUT2D eigenvalue weighted by molar-refractivity contribution is -0.132. The Morgan fingerprint density at radius 3 is 2.63 bits per heavy atom. The van der Waals surface area contributed by atoms with Crippen molar-refractivity contribution in [3.8, 4) is 0 Å². The highest BCUT2D eigenvalue weighted by molar-refractivity contribution is 7.93. The molecule has 1 aliphatic carbocycles. The van der Waals surface area contributed by atoms with Crippen LogP contribution in [0.5, 0.6) is 0 Å². The first-order valence-electron chi connectivity index (χ1n) is 11.0. The average molecular weight is 522 g/mol. The van der Waals surface area contributed by atoms with Gasteiger partial charge in [-0.15, -0.1) is 0 Å². The van der Waals surface area contributed by atoms with Gasteiger partial charge in [-0.1, -0.05) is 29.8 Å². The topological polar surface area (TPSA) is 113 Å². The molecule has 2 amide bonds. The molecule has 9 nitrogen and oxygen atoms in total. The van der Waals surface area contributed by atoms with Crippen molar-refractivity contribution >= 4 is 39.1 Å². The molecule has 0 radical (unpaired) electrons. The number of aromatic nitrogens is 2. The summed E-state index contributed by atoms with van der Waals surface area (Å²) in [4.78, 5) is 37.4. The van der Waals surface area contributed by atoms with Crippen LogP contribution >= 0.6 is 11.6 Å². The van der Waals surface area contributed by atoms with Crippen LogP contribution in [0.4, 0.5) is 10.2 Å². The molecule has 0 bridgehead atoms. The Kier molecular flexibility index (Phi) is 7.09. The first-order chi connectivity index (χ1) is 16.5. The Morgan fingerprint density at radius 1 is 1.26 bits per heavy atom. The monoisotopic (exact) mass is 521 g/mol. The lowest BCUT2D eigenvalue weighted by Crippen LogP contribution is -2.53. The molecule has 2 aliphatic rings. The Morgan fingerprint density at radius 2 is 2.00 bits per heavy atom. The predicted molar refractivity (Wildman–Crippen MR) is 129 cm³/mol. The van der Waals surface area contributed by atoms with Gasteiger partial charge < -0.3 is 15.1 Å². The third-order valence-corrected chi connectivity index (χ3v) is 6.89. The van der Waals surface area contributed by atoms with Gasteiger partial charge in [-0.3, -0.25) is 9.59 Å². The summed E-state index contributed by atoms with van der Waals surface area (Å²) in [5.41, 5.74) is 0.566. The van der Waals surface area contributed by atoms with Crippen molar-refractivity contribution in [3.05, 3.63) is 64.2 Å². The summed E-state index contributed by atoms with van der Waals surface area (Å²) in [6.07, 6.45) is 6.95. The second-order valence-electron chi connectivity index (χ2n) is 8.74. The van der Waals surface area contributed by atoms with E-state index < -0.39 is 33.6 Å². The van der Waals surface area contributed by atoms with Gasteiger partial charge >= 0.3 is 0 Å². The molecular weight excluding hydrogens is 497 g/mol. The number of anilines is 1. The highest BCUT2D eigenvalue weighted by Crippen LogP contribution is 2.38. The van der Waals surface area contributed by atoms with E-state index in [4.69, 9.17) is 11.6 Å². The van der Waals surface area contributed by atoms with Crippen LogP contribution in [0.25, 0.3) is 0 Å². The highest BCUT2D eigenvalue weighted by Gasteiger charge is 2.41. The molecule has 1 aliphatic heterocycles. The number of piperazine rings is 1. The number of nitrogens with zero attached hydrogens (tertiary/aromatic N) is 4. The fourth-order valence-corrected chi connectivity index (χ4v) is 4.71. The van der Waals surface area contributed by atoms with E-state index in [9.17, 15) is 22.4 Å². The molecule has 0 spiro atoms. The van der Waals surface area contributed by atoms with E-state index in [-0.39, 0.29) is 29.2 Å². The number of carbonyl (C=O) groups excluding carboxylic acids is 2. The van der Waals surface area contributed by atoms with Crippen molar-refractivity contribution < 1.29 is 22.4 Å². The van der Waals surface area contributed by atoms with Crippen molar-refractivity contribution in [2.75, 3.05) is 24.2 Å². The zero-order chi connectivity index (χ0) is 25.3. The smallest absolute Gasteiger partial charge is 0.271 e. The molecule has 1 unspecified atom stereocenters. The first-order valence-corrected chi connectivity index (χ1v) is 13.4. The van der Waals surface area contributed by atoms with Gasteiger partial charge in [0.05, 0.1) is 30.0 Å². The van der Waals surface area contributed by atoms with Crippen LogP contribution in [-0.4, -0.2) is 66.5 Å². The van der Waals surface area contributed by atoms with Gasteiger partial charge in [0.15, 0.2) is 9.84 Å². The Hall–Kier alpha value is -3.05. The van der Waals surface area contributed by atoms with E-state index >= 15 is 0 Å². The third kappa shape index (κ3) is 5.96. The zero-order valence-electron chi connectivity index (χ0n) is 19.2. The minimum Gasteiger partial charge on any atom is -0.345 e. The van der Waals surface area contributed by atoms with Crippen LogP contribution in [-0.2, 0) is 14.6 Å². The molecule has 186 valence electrons. The maximum atomic E-state index is 14.2. The van der Waals surface area contributed by atoms with Crippen LogP contribution in [0.3, 0.4) is 0 Å². The SMILES string of the molecule is C[C@H](/C=C/S(C)(=O)=O)NC(=O)c1cnc(N2CC(=O)N(C3CC3)CC2c2cccc(F)c2Cl)cn1. The number of carbonyl (C=O) groups is 2. The minimum absolute atomic E-state index is 0.00677. The number of rotatable bonds is 7. The van der Waals surface area contributed by atoms with Crippen molar-refractivity contribution in [3.63, 3.8) is 0 Å². The quantitative estimate of drug-likeness (QED) is 0.595. The van der Waals surface area contributed by atoms with Crippen LogP contribution in [0.2, 0.25) is 5.02 Å². The number of sulfone groups is 1. The van der Waals surface area contributed by atoms with E-state index in [1.165, 1.54) is 24.5 Å². The molecule has 2 heterocycles. The second kappa shape index (κ2) is 9.90. The largest absolute Gasteiger partial charge is 0.345 e. The molecule has 1 aromatic heterocycles. The van der Waals surface area contributed by atoms with Gasteiger partial charge in [0, 0.05) is 30.3 Å². The van der Waals surface area contributed by atoms with Gasteiger partial charge in [0.2, 0.25) is 5.91 Å². The standard InChI is InChI=1S/C23H25ClFN5O4S/c1-14(8-9-35(2,33)34)28-23(32)18-10-27-20(11-26-18)30-13-21(31)29(15-6-7-15)12-19(30)16-4-3-5-17(25)22(16)24/h3-5,8-11,14-15,19H,6-7,12-13H2,1-2H3,(H,28,32)/b9-8+/t14-,19?/m1/s1. The lowest BCUT2D eigenvalue weighted by atomic mass is 10.0. The molecule has 35 heavy (non-hydrogen) atoms. The first kappa shape index (κ1) is 25.1. The summed E-state index contributed by atoms with van der Waals surface area (Å²) in [6, 6.07) is 3.78. The molecule has 1 N–H and O–H groups in total. The van der Waals surface area contributed by atoms with E-state index in [1.54, 1.807) is 24.0 Å². The molecule has 2 fully saturated rings. The van der Waals surface area contributed by atoms with E-state index in [1.807, 2.05) is 4.90 Å². The Labute approximate surface area is 207 Å². The third-order valence-electron chi connectivity index (χ3n) is 5.84. The fourth-order valence-electron chi connectivity index (χ4n) is 3.93. The minimum atomic E-state index is -3.31. The number of halogens is 2. The van der Waals surface area contributed by atoms with Gasteiger partial charge in [-0.2, -0.15) is 0 Å². The molecule has 1 saturated carbocycles. The van der Waals surface area contributed by atoms with Gasteiger partial charge in [0.1, 0.15) is 17.3 Å². The summed E-state index contributed by atoms with van der Waals surface area (Å²) in [5, 5.41) is 3.63. The summed E-state index contributed by atoms with van der Waals surface area (Å²) in [5.74, 6) is -0.794. The second-order valence-corrected chi connectivity index (χ2v) is 11.1. The Bertz CT molecular complexity index is 1270. The zero-order valence-corrected chi connectivity index (χ0v) is 20.8. The number of hydrogen-bond donors (Lipinski definition) is 1. The number of amides is 2. The summed E-state index contributed by atoms with van der Waals surface area (Å²) in [7, 11) is -3.31. The van der Waals surface area contributed by atoms with Gasteiger partial charge in [-0.25, -0.2) is 22.8 Å². The highest BCUT2D eigenvalue weighted by atomic mass is 35.5. The number of hydrogen-bond acceptors (Lipinski definition) is 7. The molecular formula is C23H25ClFN5O4S. The van der Waals surface area contributed by atoms with E-state index in [0.717, 1.165) is 24.5 Å². The van der Waals surface area contributed by atoms with Crippen LogP contribution < -0.4 is 10.2 Å². The molecule has 2 aromatic rings. The van der Waals surface area contributed by atoms with Crippen molar-refractivity contribution in [2.45, 2.75) is 37.9 Å². The maximum Gasteiger partial charge on any atom is 0.271 e. The van der Waals surface area contributed by atoms with E-state index in [0.29, 0.717) is 17.9 Å². The van der Waals surface area contributed by atoms with Crippen LogP contribution in [0.1, 0.15) is 41.9 Å². The summed E-state index contributed by atoms with van der Waals surface area (Å²) < 4.78 is 36.7. The number of nitrogens with one attached hydrogen (secondary N) is 1. The normalized spacial score (nSPS) is 19.8. The predicted octanol–water partition coefficient (Wildman–Crippen LogP) is 2.50. The molecule has 4 rings (SSSR count). The van der Waals surface area contributed by atoms with Crippen molar-refractivity contribution in [1.29, 1.82) is 0 Å². The summed E-state index contributed by atoms with van der Waals surface area (Å²) >= 11 is 6.29. The maximum absolute atomic E-state index is 14.2. The lowest BCUT2D eigenvalue weighted by Gasteiger charge is -2.42. The van der Waals surface area contributed by atoms with Crippen LogP contribution in [0, 0.1) is 5.82 Å². The molecule has 12 heteroatoms. The molecule has 1 aromatic carbocycles. The number of benzene rings is 1. The molecule has 2 atom stereocenters. The summed E-state index contributed by atoms with van der Waals surface area (Å²) in [6.45, 7) is 1.97. The van der Waals surface area contributed by atoms with Crippen molar-refractivity contribution in [1.82, 2.24) is 20.2 Å². The van der Waals surface area contributed by atoms with E-state index in [2.05, 4.69) is 15.3 Å². The fraction of sp³-hybridized carbons (Fsp3) is 0.391. The van der Waals surface area contributed by atoms with Crippen molar-refractivity contribution in [2.24, 2.45) is 0 Å². The van der Waals surface area contributed by atoms with Gasteiger partial charge in [-0.05, 0) is 31.4 Å².